The average Bonchev–Trinajstić information content (AvgIpc) is 2.74. The molecule has 1 heterocycles. The van der Waals surface area contributed by atoms with E-state index in [9.17, 15) is 31.9 Å². The minimum Gasteiger partial charge on any atom is -0.481 e. The number of carboxylic acids is 1. The van der Waals surface area contributed by atoms with Gasteiger partial charge in [0.2, 0.25) is 0 Å². The molecular formula is C22H17ClF4N2O5. The zero-order chi connectivity index (χ0) is 25.4. The molecule has 34 heavy (non-hydrogen) atoms. The third kappa shape index (κ3) is 4.98. The topological polar surface area (TPSA) is 90.5 Å². The van der Waals surface area contributed by atoms with Crippen LogP contribution in [0.4, 0.5) is 17.6 Å². The maximum Gasteiger partial charge on any atom is 0.431 e. The molecule has 1 atom stereocenters. The van der Waals surface area contributed by atoms with Crippen LogP contribution in [0.25, 0.3) is 5.69 Å². The zero-order valence-corrected chi connectivity index (χ0v) is 18.4. The van der Waals surface area contributed by atoms with E-state index >= 15 is 0 Å². The third-order valence-corrected chi connectivity index (χ3v) is 5.29. The van der Waals surface area contributed by atoms with Crippen LogP contribution < -0.4 is 16.0 Å². The van der Waals surface area contributed by atoms with Crippen molar-refractivity contribution in [2.75, 3.05) is 0 Å². The van der Waals surface area contributed by atoms with E-state index in [4.69, 9.17) is 21.4 Å². The predicted octanol–water partition coefficient (Wildman–Crippen LogP) is 4.40. The summed E-state index contributed by atoms with van der Waals surface area (Å²) in [6.07, 6.45) is -4.88. The molecule has 0 saturated carbocycles. The average molecular weight is 501 g/mol. The first-order chi connectivity index (χ1) is 15.8. The van der Waals surface area contributed by atoms with E-state index in [0.29, 0.717) is 5.56 Å². The Kier molecular flexibility index (Phi) is 6.87. The Morgan fingerprint density at radius 3 is 2.41 bits per heavy atom. The Morgan fingerprint density at radius 1 is 1.15 bits per heavy atom. The van der Waals surface area contributed by atoms with E-state index in [-0.39, 0.29) is 38.1 Å². The van der Waals surface area contributed by atoms with Crippen molar-refractivity contribution in [3.63, 3.8) is 0 Å². The number of hydrogen-bond donors (Lipinski definition) is 1. The van der Waals surface area contributed by atoms with Crippen molar-refractivity contribution in [3.8, 4) is 17.2 Å². The van der Waals surface area contributed by atoms with Gasteiger partial charge in [-0.25, -0.2) is 13.8 Å². The van der Waals surface area contributed by atoms with Crippen LogP contribution in [0.15, 0.2) is 52.1 Å². The molecule has 0 aliphatic carbocycles. The molecular weight excluding hydrogens is 484 g/mol. The molecule has 3 aromatic rings. The number of carbonyl (C=O) groups is 1. The predicted molar refractivity (Wildman–Crippen MR) is 114 cm³/mol. The second kappa shape index (κ2) is 9.34. The van der Waals surface area contributed by atoms with Gasteiger partial charge in [-0.3, -0.25) is 14.2 Å². The number of alkyl halides is 3. The van der Waals surface area contributed by atoms with Crippen molar-refractivity contribution in [2.45, 2.75) is 19.5 Å². The molecule has 0 aliphatic heterocycles. The molecule has 0 saturated heterocycles. The number of halogens is 5. The van der Waals surface area contributed by atoms with Crippen LogP contribution in [-0.4, -0.2) is 20.2 Å². The van der Waals surface area contributed by atoms with Gasteiger partial charge in [0.1, 0.15) is 23.0 Å². The highest BCUT2D eigenvalue weighted by atomic mass is 35.5. The molecule has 0 amide bonds. The summed E-state index contributed by atoms with van der Waals surface area (Å²) in [5.41, 5.74) is -4.51. The van der Waals surface area contributed by atoms with E-state index in [1.165, 1.54) is 13.0 Å². The van der Waals surface area contributed by atoms with E-state index in [1.807, 2.05) is 0 Å². The lowest BCUT2D eigenvalue weighted by atomic mass is 10.0. The Balaban J connectivity index is 2.12. The number of ether oxygens (including phenoxy) is 1. The van der Waals surface area contributed by atoms with Crippen molar-refractivity contribution in [2.24, 2.45) is 13.0 Å². The van der Waals surface area contributed by atoms with E-state index < -0.39 is 46.5 Å². The normalized spacial score (nSPS) is 12.4. The fourth-order valence-corrected chi connectivity index (χ4v) is 3.38. The number of aliphatic carboxylic acids is 1. The lowest BCUT2D eigenvalue weighted by Crippen LogP contribution is -2.41. The van der Waals surface area contributed by atoms with Gasteiger partial charge in [0.05, 0.1) is 16.6 Å². The summed E-state index contributed by atoms with van der Waals surface area (Å²) in [5.74, 6) is -2.96. The number of para-hydroxylation sites is 1. The van der Waals surface area contributed by atoms with Crippen LogP contribution in [-0.2, 0) is 24.4 Å². The van der Waals surface area contributed by atoms with Gasteiger partial charge in [-0.15, -0.1) is 0 Å². The number of hydrogen-bond acceptors (Lipinski definition) is 4. The summed E-state index contributed by atoms with van der Waals surface area (Å²) in [5, 5.41) is 8.92. The second-order valence-corrected chi connectivity index (χ2v) is 7.84. The molecule has 2 aromatic carbocycles. The third-order valence-electron chi connectivity index (χ3n) is 4.99. The molecule has 12 heteroatoms. The van der Waals surface area contributed by atoms with Crippen LogP contribution in [0.5, 0.6) is 11.5 Å². The maximum absolute atomic E-state index is 14.7. The summed E-state index contributed by atoms with van der Waals surface area (Å²) in [7, 11) is 0.798. The Morgan fingerprint density at radius 2 is 1.79 bits per heavy atom. The largest absolute Gasteiger partial charge is 0.481 e. The SMILES string of the molecule is CC(Cc1ccccc1Oc1cc(-n2c(=O)cc(C(F)(F)F)n(C)c2=O)c(F)cc1Cl)C(=O)O. The van der Waals surface area contributed by atoms with Crippen molar-refractivity contribution in [3.05, 3.63) is 85.4 Å². The molecule has 0 aliphatic rings. The smallest absolute Gasteiger partial charge is 0.431 e. The first kappa shape index (κ1) is 25.0. The summed E-state index contributed by atoms with van der Waals surface area (Å²) in [6, 6.07) is 8.20. The summed E-state index contributed by atoms with van der Waals surface area (Å²) >= 11 is 6.06. The van der Waals surface area contributed by atoms with E-state index in [1.54, 1.807) is 18.2 Å². The fraction of sp³-hybridized carbons (Fsp3) is 0.227. The van der Waals surface area contributed by atoms with Gasteiger partial charge in [0.25, 0.3) is 5.56 Å². The van der Waals surface area contributed by atoms with Gasteiger partial charge < -0.3 is 9.84 Å². The Labute approximate surface area is 194 Å². The van der Waals surface area contributed by atoms with Gasteiger partial charge in [-0.1, -0.05) is 36.7 Å². The van der Waals surface area contributed by atoms with Crippen LogP contribution in [0.2, 0.25) is 5.02 Å². The first-order valence-electron chi connectivity index (χ1n) is 9.69. The highest BCUT2D eigenvalue weighted by Crippen LogP contribution is 2.35. The van der Waals surface area contributed by atoms with Gasteiger partial charge in [0, 0.05) is 19.2 Å². The number of benzene rings is 2. The highest BCUT2D eigenvalue weighted by molar-refractivity contribution is 6.32. The molecule has 1 aromatic heterocycles. The van der Waals surface area contributed by atoms with Crippen molar-refractivity contribution < 1.29 is 32.2 Å². The maximum atomic E-state index is 14.7. The first-order valence-corrected chi connectivity index (χ1v) is 10.1. The minimum atomic E-state index is -4.98. The molecule has 0 radical (unpaired) electrons. The highest BCUT2D eigenvalue weighted by Gasteiger charge is 2.35. The lowest BCUT2D eigenvalue weighted by molar-refractivity contribution is -0.144. The summed E-state index contributed by atoms with van der Waals surface area (Å²) in [4.78, 5) is 36.1. The van der Waals surface area contributed by atoms with Gasteiger partial charge in [-0.05, 0) is 24.1 Å². The monoisotopic (exact) mass is 500 g/mol. The van der Waals surface area contributed by atoms with Crippen LogP contribution >= 0.6 is 11.6 Å². The van der Waals surface area contributed by atoms with Crippen LogP contribution in [0.3, 0.4) is 0 Å². The van der Waals surface area contributed by atoms with Crippen molar-refractivity contribution >= 4 is 17.6 Å². The lowest BCUT2D eigenvalue weighted by Gasteiger charge is -2.17. The fourth-order valence-electron chi connectivity index (χ4n) is 3.20. The molecule has 1 N–H and O–H groups in total. The Hall–Kier alpha value is -3.60. The van der Waals surface area contributed by atoms with Gasteiger partial charge in [-0.2, -0.15) is 13.2 Å². The molecule has 7 nitrogen and oxygen atoms in total. The minimum absolute atomic E-state index is 0.0933. The van der Waals surface area contributed by atoms with Crippen molar-refractivity contribution in [1.82, 2.24) is 9.13 Å². The molecule has 3 rings (SSSR count). The van der Waals surface area contributed by atoms with E-state index in [2.05, 4.69) is 0 Å². The second-order valence-electron chi connectivity index (χ2n) is 7.43. The number of aromatic nitrogens is 2. The van der Waals surface area contributed by atoms with Crippen molar-refractivity contribution in [1.29, 1.82) is 0 Å². The standard InChI is InChI=1S/C22H17ClF4N2O5/c1-11(20(31)32)7-12-5-3-4-6-16(12)34-17-9-15(14(24)8-13(17)23)29-19(30)10-18(22(25,26)27)28(2)21(29)33/h3-6,8-11H,7H2,1-2H3,(H,31,32). The van der Waals surface area contributed by atoms with Crippen LogP contribution in [0.1, 0.15) is 18.2 Å². The molecule has 0 bridgehead atoms. The zero-order valence-electron chi connectivity index (χ0n) is 17.7. The van der Waals surface area contributed by atoms with E-state index in [0.717, 1.165) is 19.2 Å². The van der Waals surface area contributed by atoms with Gasteiger partial charge >= 0.3 is 17.8 Å². The van der Waals surface area contributed by atoms with Gasteiger partial charge in [0.15, 0.2) is 0 Å². The molecule has 0 spiro atoms. The summed E-state index contributed by atoms with van der Waals surface area (Å²) < 4.78 is 60.1. The Bertz CT molecular complexity index is 1380. The number of rotatable bonds is 6. The molecule has 180 valence electrons. The summed E-state index contributed by atoms with van der Waals surface area (Å²) in [6.45, 7) is 1.49. The molecule has 1 unspecified atom stereocenters. The number of nitrogens with zero attached hydrogens (tertiary/aromatic N) is 2. The number of carboxylic acid groups (broad SMARTS) is 1. The molecule has 0 fully saturated rings. The quantitative estimate of drug-likeness (QED) is 0.507. The van der Waals surface area contributed by atoms with Crippen LogP contribution in [0, 0.1) is 11.7 Å².